The standard InChI is InChI=1S/C17H15NO4/c1-11-3-5-12(6-4-11)10-22-18-16(19)14-8-7-13(21-2)9-15(14)17(18)20/h3-9H,10H2,1-2H3. The van der Waals surface area contributed by atoms with E-state index in [2.05, 4.69) is 0 Å². The highest BCUT2D eigenvalue weighted by Gasteiger charge is 2.37. The number of fused-ring (bicyclic) bond motifs is 1. The van der Waals surface area contributed by atoms with Crippen LogP contribution in [0.1, 0.15) is 31.8 Å². The number of ether oxygens (including phenoxy) is 1. The molecule has 22 heavy (non-hydrogen) atoms. The molecule has 0 atom stereocenters. The van der Waals surface area contributed by atoms with Crippen LogP contribution in [0.5, 0.6) is 5.75 Å². The second kappa shape index (κ2) is 5.61. The van der Waals surface area contributed by atoms with Crippen LogP contribution < -0.4 is 4.74 Å². The van der Waals surface area contributed by atoms with Gasteiger partial charge in [-0.05, 0) is 30.7 Å². The number of aryl methyl sites for hydroxylation is 1. The molecule has 0 aromatic heterocycles. The minimum Gasteiger partial charge on any atom is -0.497 e. The molecule has 0 unspecified atom stereocenters. The van der Waals surface area contributed by atoms with Gasteiger partial charge in [0.25, 0.3) is 11.8 Å². The van der Waals surface area contributed by atoms with Crippen molar-refractivity contribution in [2.75, 3.05) is 7.11 Å². The second-order valence-electron chi connectivity index (χ2n) is 5.08. The van der Waals surface area contributed by atoms with E-state index in [0.717, 1.165) is 16.2 Å². The molecule has 1 heterocycles. The molecule has 1 aliphatic heterocycles. The fraction of sp³-hybridized carbons (Fsp3) is 0.176. The first-order chi connectivity index (χ1) is 10.6. The van der Waals surface area contributed by atoms with Crippen LogP contribution in [-0.4, -0.2) is 24.0 Å². The smallest absolute Gasteiger partial charge is 0.286 e. The van der Waals surface area contributed by atoms with Gasteiger partial charge in [0, 0.05) is 0 Å². The summed E-state index contributed by atoms with van der Waals surface area (Å²) >= 11 is 0. The molecule has 0 saturated heterocycles. The van der Waals surface area contributed by atoms with Crippen molar-refractivity contribution in [1.29, 1.82) is 0 Å². The average molecular weight is 297 g/mol. The van der Waals surface area contributed by atoms with Crippen molar-refractivity contribution in [1.82, 2.24) is 5.06 Å². The Bertz CT molecular complexity index is 737. The van der Waals surface area contributed by atoms with E-state index in [1.165, 1.54) is 7.11 Å². The summed E-state index contributed by atoms with van der Waals surface area (Å²) in [7, 11) is 1.51. The molecule has 2 amide bonds. The Morgan fingerprint density at radius 2 is 1.64 bits per heavy atom. The average Bonchev–Trinajstić information content (AvgIpc) is 2.78. The Hall–Kier alpha value is -2.66. The lowest BCUT2D eigenvalue weighted by molar-refractivity contribution is -0.101. The van der Waals surface area contributed by atoms with Gasteiger partial charge in [-0.2, -0.15) is 0 Å². The lowest BCUT2D eigenvalue weighted by atomic mass is 10.1. The van der Waals surface area contributed by atoms with Crippen molar-refractivity contribution in [2.45, 2.75) is 13.5 Å². The first kappa shape index (κ1) is 14.3. The predicted octanol–water partition coefficient (Wildman–Crippen LogP) is 2.73. The molecule has 2 aromatic carbocycles. The minimum absolute atomic E-state index is 0.156. The molecule has 0 fully saturated rings. The van der Waals surface area contributed by atoms with Gasteiger partial charge in [0.15, 0.2) is 0 Å². The molecule has 2 aromatic rings. The Balaban J connectivity index is 1.77. The third-order valence-electron chi connectivity index (χ3n) is 3.54. The summed E-state index contributed by atoms with van der Waals surface area (Å²) in [5, 5.41) is 0.809. The molecule has 3 rings (SSSR count). The van der Waals surface area contributed by atoms with Crippen LogP contribution in [0.2, 0.25) is 0 Å². The van der Waals surface area contributed by atoms with Crippen molar-refractivity contribution < 1.29 is 19.2 Å². The molecule has 0 aliphatic carbocycles. The second-order valence-corrected chi connectivity index (χ2v) is 5.08. The van der Waals surface area contributed by atoms with Gasteiger partial charge in [0.2, 0.25) is 0 Å². The van der Waals surface area contributed by atoms with Gasteiger partial charge in [-0.15, -0.1) is 5.06 Å². The van der Waals surface area contributed by atoms with E-state index < -0.39 is 11.8 Å². The first-order valence-electron chi connectivity index (χ1n) is 6.85. The lowest BCUT2D eigenvalue weighted by Crippen LogP contribution is -2.29. The summed E-state index contributed by atoms with van der Waals surface area (Å²) in [5.74, 6) is -0.388. The monoisotopic (exact) mass is 297 g/mol. The van der Waals surface area contributed by atoms with Crippen molar-refractivity contribution in [3.63, 3.8) is 0 Å². The van der Waals surface area contributed by atoms with Gasteiger partial charge < -0.3 is 4.74 Å². The van der Waals surface area contributed by atoms with Crippen molar-refractivity contribution in [3.05, 3.63) is 64.7 Å². The van der Waals surface area contributed by atoms with Gasteiger partial charge in [-0.3, -0.25) is 14.4 Å². The van der Waals surface area contributed by atoms with Crippen LogP contribution in [0, 0.1) is 6.92 Å². The molecule has 0 spiro atoms. The fourth-order valence-corrected chi connectivity index (χ4v) is 2.27. The number of amides is 2. The van der Waals surface area contributed by atoms with Crippen LogP contribution in [0.3, 0.4) is 0 Å². The molecule has 0 bridgehead atoms. The molecule has 0 radical (unpaired) electrons. The number of nitrogens with zero attached hydrogens (tertiary/aromatic N) is 1. The minimum atomic E-state index is -0.467. The quantitative estimate of drug-likeness (QED) is 0.814. The number of rotatable bonds is 4. The van der Waals surface area contributed by atoms with Crippen LogP contribution in [-0.2, 0) is 11.4 Å². The molecule has 0 saturated carbocycles. The van der Waals surface area contributed by atoms with Gasteiger partial charge in [-0.1, -0.05) is 29.8 Å². The Morgan fingerprint density at radius 1 is 0.955 bits per heavy atom. The third-order valence-corrected chi connectivity index (χ3v) is 3.54. The number of benzene rings is 2. The van der Waals surface area contributed by atoms with Gasteiger partial charge in [0.1, 0.15) is 12.4 Å². The topological polar surface area (TPSA) is 55.8 Å². The summed E-state index contributed by atoms with van der Waals surface area (Å²) in [6, 6.07) is 12.5. The number of methoxy groups -OCH3 is 1. The largest absolute Gasteiger partial charge is 0.497 e. The van der Waals surface area contributed by atoms with Crippen molar-refractivity contribution >= 4 is 11.8 Å². The van der Waals surface area contributed by atoms with E-state index in [-0.39, 0.29) is 6.61 Å². The SMILES string of the molecule is COc1ccc2c(c1)C(=O)N(OCc1ccc(C)cc1)C2=O. The van der Waals surface area contributed by atoms with E-state index in [0.29, 0.717) is 16.9 Å². The van der Waals surface area contributed by atoms with Crippen LogP contribution >= 0.6 is 0 Å². The Morgan fingerprint density at radius 3 is 2.32 bits per heavy atom. The maximum atomic E-state index is 12.3. The number of hydrogen-bond acceptors (Lipinski definition) is 4. The predicted molar refractivity (Wildman–Crippen MR) is 79.5 cm³/mol. The molecule has 1 aliphatic rings. The molecule has 0 N–H and O–H groups in total. The zero-order valence-electron chi connectivity index (χ0n) is 12.3. The van der Waals surface area contributed by atoms with Crippen LogP contribution in [0.25, 0.3) is 0 Å². The summed E-state index contributed by atoms with van der Waals surface area (Å²) < 4.78 is 5.08. The van der Waals surface area contributed by atoms with Gasteiger partial charge in [-0.25, -0.2) is 0 Å². The Kier molecular flexibility index (Phi) is 3.65. The number of carbonyl (C=O) groups excluding carboxylic acids is 2. The molecule has 112 valence electrons. The maximum absolute atomic E-state index is 12.3. The molecular weight excluding hydrogens is 282 g/mol. The van der Waals surface area contributed by atoms with E-state index in [1.54, 1.807) is 18.2 Å². The number of carbonyl (C=O) groups is 2. The van der Waals surface area contributed by atoms with Crippen molar-refractivity contribution in [2.24, 2.45) is 0 Å². The Labute approximate surface area is 128 Å². The number of hydroxylamine groups is 2. The summed E-state index contributed by atoms with van der Waals surface area (Å²) in [6.07, 6.45) is 0. The molecule has 5 heteroatoms. The third kappa shape index (κ3) is 2.46. The molecular formula is C17H15NO4. The van der Waals surface area contributed by atoms with Crippen LogP contribution in [0.4, 0.5) is 0 Å². The highest BCUT2D eigenvalue weighted by Crippen LogP contribution is 2.27. The van der Waals surface area contributed by atoms with E-state index in [9.17, 15) is 9.59 Å². The van der Waals surface area contributed by atoms with Crippen LogP contribution in [0.15, 0.2) is 42.5 Å². The highest BCUT2D eigenvalue weighted by atomic mass is 16.7. The normalized spacial score (nSPS) is 13.5. The summed E-state index contributed by atoms with van der Waals surface area (Å²) in [5.41, 5.74) is 2.65. The fourth-order valence-electron chi connectivity index (χ4n) is 2.27. The van der Waals surface area contributed by atoms with Gasteiger partial charge in [0.05, 0.1) is 18.2 Å². The summed E-state index contributed by atoms with van der Waals surface area (Å²) in [4.78, 5) is 29.9. The molecule has 5 nitrogen and oxygen atoms in total. The number of imide groups is 1. The zero-order valence-corrected chi connectivity index (χ0v) is 12.3. The zero-order chi connectivity index (χ0) is 15.7. The van der Waals surface area contributed by atoms with Gasteiger partial charge >= 0.3 is 0 Å². The van der Waals surface area contributed by atoms with E-state index >= 15 is 0 Å². The first-order valence-corrected chi connectivity index (χ1v) is 6.85. The van der Waals surface area contributed by atoms with E-state index in [4.69, 9.17) is 9.57 Å². The van der Waals surface area contributed by atoms with E-state index in [1.807, 2.05) is 31.2 Å². The number of hydrogen-bond donors (Lipinski definition) is 0. The summed E-state index contributed by atoms with van der Waals surface area (Å²) in [6.45, 7) is 2.14. The maximum Gasteiger partial charge on any atom is 0.286 e. The lowest BCUT2D eigenvalue weighted by Gasteiger charge is -2.13. The van der Waals surface area contributed by atoms with Crippen molar-refractivity contribution in [3.8, 4) is 5.75 Å². The highest BCUT2D eigenvalue weighted by molar-refractivity contribution is 6.20.